The number of aliphatic hydroxyl groups is 1. The second-order valence-corrected chi connectivity index (χ2v) is 6.80. The molecule has 23 heavy (non-hydrogen) atoms. The summed E-state index contributed by atoms with van der Waals surface area (Å²) in [5.74, 6) is -0.194. The first-order valence-electron chi connectivity index (χ1n) is 7.11. The van der Waals surface area contributed by atoms with Gasteiger partial charge in [-0.2, -0.15) is 0 Å². The van der Waals surface area contributed by atoms with Crippen LogP contribution in [0.4, 0.5) is 0 Å². The van der Waals surface area contributed by atoms with Crippen LogP contribution in [0, 0.1) is 0 Å². The van der Waals surface area contributed by atoms with Crippen LogP contribution in [-0.2, 0) is 0 Å². The van der Waals surface area contributed by atoms with Crippen LogP contribution in [0.3, 0.4) is 0 Å². The molecule has 0 saturated heterocycles. The van der Waals surface area contributed by atoms with Gasteiger partial charge in [-0.3, -0.25) is 4.79 Å². The number of nitrogens with zero attached hydrogens (tertiary/aromatic N) is 1. The van der Waals surface area contributed by atoms with Crippen molar-refractivity contribution in [3.05, 3.63) is 59.1 Å². The van der Waals surface area contributed by atoms with Gasteiger partial charge in [0.05, 0.1) is 21.8 Å². The number of benzene rings is 2. The van der Waals surface area contributed by atoms with Gasteiger partial charge in [0.2, 0.25) is 0 Å². The van der Waals surface area contributed by atoms with E-state index in [-0.39, 0.29) is 12.5 Å². The van der Waals surface area contributed by atoms with Crippen LogP contribution < -0.4 is 5.32 Å². The summed E-state index contributed by atoms with van der Waals surface area (Å²) in [6.45, 7) is 0.179. The van der Waals surface area contributed by atoms with Crippen LogP contribution in [0.25, 0.3) is 10.2 Å². The van der Waals surface area contributed by atoms with Gasteiger partial charge >= 0.3 is 0 Å². The molecule has 0 aliphatic heterocycles. The van der Waals surface area contributed by atoms with E-state index in [1.165, 1.54) is 11.3 Å². The van der Waals surface area contributed by atoms with Crippen LogP contribution in [0.1, 0.15) is 22.0 Å². The summed E-state index contributed by atoms with van der Waals surface area (Å²) in [6.07, 6.45) is 1.29. The largest absolute Gasteiger partial charge is 0.387 e. The molecule has 3 rings (SSSR count). The Labute approximate surface area is 142 Å². The lowest BCUT2D eigenvalue weighted by molar-refractivity contribution is 0.0916. The third kappa shape index (κ3) is 3.72. The first-order valence-corrected chi connectivity index (χ1v) is 9.21. The van der Waals surface area contributed by atoms with Gasteiger partial charge in [-0.25, -0.2) is 4.98 Å². The highest BCUT2D eigenvalue weighted by Gasteiger charge is 2.12. The fraction of sp³-hybridized carbons (Fsp3) is 0.176. The summed E-state index contributed by atoms with van der Waals surface area (Å²) in [6, 6.07) is 13.1. The van der Waals surface area contributed by atoms with Crippen molar-refractivity contribution in [2.75, 3.05) is 12.8 Å². The van der Waals surface area contributed by atoms with E-state index in [0.29, 0.717) is 5.56 Å². The van der Waals surface area contributed by atoms with Gasteiger partial charge in [-0.1, -0.05) is 12.1 Å². The molecule has 0 bridgehead atoms. The highest BCUT2D eigenvalue weighted by atomic mass is 32.2. The quantitative estimate of drug-likeness (QED) is 0.696. The molecule has 0 fully saturated rings. The van der Waals surface area contributed by atoms with E-state index >= 15 is 0 Å². The van der Waals surface area contributed by atoms with Crippen molar-refractivity contribution in [2.24, 2.45) is 0 Å². The first kappa shape index (κ1) is 16.0. The van der Waals surface area contributed by atoms with Gasteiger partial charge in [0.15, 0.2) is 0 Å². The fourth-order valence-electron chi connectivity index (χ4n) is 2.23. The van der Waals surface area contributed by atoms with Gasteiger partial charge in [0.1, 0.15) is 0 Å². The van der Waals surface area contributed by atoms with Gasteiger partial charge in [0, 0.05) is 17.0 Å². The minimum atomic E-state index is -0.720. The number of hydrogen-bond donors (Lipinski definition) is 2. The molecular weight excluding hydrogens is 328 g/mol. The van der Waals surface area contributed by atoms with Gasteiger partial charge in [-0.15, -0.1) is 23.1 Å². The molecule has 0 saturated carbocycles. The first-order chi connectivity index (χ1) is 11.2. The number of thiazole rings is 1. The van der Waals surface area contributed by atoms with Crippen molar-refractivity contribution >= 4 is 39.2 Å². The average molecular weight is 344 g/mol. The summed E-state index contributed by atoms with van der Waals surface area (Å²) in [4.78, 5) is 17.5. The highest BCUT2D eigenvalue weighted by molar-refractivity contribution is 7.98. The van der Waals surface area contributed by atoms with E-state index < -0.39 is 6.10 Å². The van der Waals surface area contributed by atoms with Crippen molar-refractivity contribution in [3.8, 4) is 0 Å². The molecule has 3 aromatic rings. The molecule has 2 aromatic carbocycles. The monoisotopic (exact) mass is 344 g/mol. The number of fused-ring (bicyclic) bond motifs is 1. The predicted octanol–water partition coefficient (Wildman–Crippen LogP) is 3.48. The summed E-state index contributed by atoms with van der Waals surface area (Å²) in [7, 11) is 0. The standard InChI is InChI=1S/C17H16N2O2S2/c1-22-13-5-2-11(3-6-13)15(20)9-18-17(21)12-4-7-14-16(8-12)23-10-19-14/h2-8,10,15,20H,9H2,1H3,(H,18,21)/t15-/m1/s1. The number of hydrogen-bond acceptors (Lipinski definition) is 5. The number of carbonyl (C=O) groups excluding carboxylic acids is 1. The fourth-order valence-corrected chi connectivity index (χ4v) is 3.36. The van der Waals surface area contributed by atoms with Crippen LogP contribution in [0.15, 0.2) is 52.9 Å². The third-order valence-electron chi connectivity index (χ3n) is 3.55. The lowest BCUT2D eigenvalue weighted by Crippen LogP contribution is -2.28. The molecule has 6 heteroatoms. The second kappa shape index (κ2) is 7.12. The molecule has 1 heterocycles. The molecular formula is C17H16N2O2S2. The summed E-state index contributed by atoms with van der Waals surface area (Å²) >= 11 is 3.15. The van der Waals surface area contributed by atoms with E-state index in [1.807, 2.05) is 42.7 Å². The van der Waals surface area contributed by atoms with E-state index in [9.17, 15) is 9.90 Å². The zero-order chi connectivity index (χ0) is 16.2. The normalized spacial score (nSPS) is 12.3. The number of nitrogens with one attached hydrogen (secondary N) is 1. The Balaban J connectivity index is 1.63. The van der Waals surface area contributed by atoms with Gasteiger partial charge in [0.25, 0.3) is 5.91 Å². The predicted molar refractivity (Wildman–Crippen MR) is 95.1 cm³/mol. The van der Waals surface area contributed by atoms with Crippen molar-refractivity contribution in [3.63, 3.8) is 0 Å². The number of rotatable bonds is 5. The second-order valence-electron chi connectivity index (χ2n) is 5.03. The molecule has 118 valence electrons. The van der Waals surface area contributed by atoms with E-state index in [4.69, 9.17) is 0 Å². The topological polar surface area (TPSA) is 62.2 Å². The molecule has 1 atom stereocenters. The van der Waals surface area contributed by atoms with Crippen molar-refractivity contribution in [1.82, 2.24) is 10.3 Å². The summed E-state index contributed by atoms with van der Waals surface area (Å²) in [5, 5.41) is 13.0. The number of amides is 1. The Morgan fingerprint density at radius 1 is 1.30 bits per heavy atom. The summed E-state index contributed by atoms with van der Waals surface area (Å²) < 4.78 is 0.978. The zero-order valence-electron chi connectivity index (χ0n) is 12.5. The highest BCUT2D eigenvalue weighted by Crippen LogP contribution is 2.20. The van der Waals surface area contributed by atoms with Crippen LogP contribution >= 0.6 is 23.1 Å². The van der Waals surface area contributed by atoms with Gasteiger partial charge in [-0.05, 0) is 42.2 Å². The minimum Gasteiger partial charge on any atom is -0.387 e. The van der Waals surface area contributed by atoms with Crippen molar-refractivity contribution in [1.29, 1.82) is 0 Å². The van der Waals surface area contributed by atoms with Crippen LogP contribution in [-0.4, -0.2) is 28.8 Å². The maximum absolute atomic E-state index is 12.2. The molecule has 0 aliphatic carbocycles. The lowest BCUT2D eigenvalue weighted by Gasteiger charge is -2.13. The number of aliphatic hydroxyl groups excluding tert-OH is 1. The van der Waals surface area contributed by atoms with Crippen molar-refractivity contribution < 1.29 is 9.90 Å². The Hall–Kier alpha value is -1.89. The van der Waals surface area contributed by atoms with E-state index in [0.717, 1.165) is 20.7 Å². The van der Waals surface area contributed by atoms with E-state index in [2.05, 4.69) is 10.3 Å². The van der Waals surface area contributed by atoms with Crippen LogP contribution in [0.2, 0.25) is 0 Å². The lowest BCUT2D eigenvalue weighted by atomic mass is 10.1. The Bertz CT molecular complexity index is 815. The SMILES string of the molecule is CSc1ccc([C@H](O)CNC(=O)c2ccc3ncsc3c2)cc1. The van der Waals surface area contributed by atoms with Crippen LogP contribution in [0.5, 0.6) is 0 Å². The smallest absolute Gasteiger partial charge is 0.251 e. The minimum absolute atomic E-state index is 0.179. The zero-order valence-corrected chi connectivity index (χ0v) is 14.2. The maximum atomic E-state index is 12.2. The molecule has 1 aromatic heterocycles. The van der Waals surface area contributed by atoms with Crippen molar-refractivity contribution in [2.45, 2.75) is 11.0 Å². The Morgan fingerprint density at radius 2 is 2.09 bits per heavy atom. The third-order valence-corrected chi connectivity index (χ3v) is 5.09. The number of carbonyl (C=O) groups is 1. The number of aromatic nitrogens is 1. The van der Waals surface area contributed by atoms with E-state index in [1.54, 1.807) is 23.3 Å². The van der Waals surface area contributed by atoms with Gasteiger partial charge < -0.3 is 10.4 Å². The molecule has 0 radical (unpaired) electrons. The molecule has 0 spiro atoms. The molecule has 0 unspecified atom stereocenters. The maximum Gasteiger partial charge on any atom is 0.251 e. The average Bonchev–Trinajstić information content (AvgIpc) is 3.07. The number of thioether (sulfide) groups is 1. The summed E-state index contributed by atoms with van der Waals surface area (Å²) in [5.41, 5.74) is 4.02. The molecule has 0 aliphatic rings. The molecule has 2 N–H and O–H groups in total. The molecule has 4 nitrogen and oxygen atoms in total. The Kier molecular flexibility index (Phi) is 4.95. The molecule has 1 amide bonds. The Morgan fingerprint density at radius 3 is 2.83 bits per heavy atom.